The molecule has 0 spiro atoms. The van der Waals surface area contributed by atoms with Gasteiger partial charge in [-0.25, -0.2) is 4.79 Å². The molecule has 1 aromatic rings. The molecule has 0 fully saturated rings. The largest absolute Gasteiger partial charge is 0.481 e. The van der Waals surface area contributed by atoms with Crippen molar-refractivity contribution in [2.75, 3.05) is 0 Å². The minimum atomic E-state index is -0.911. The van der Waals surface area contributed by atoms with Crippen molar-refractivity contribution in [2.45, 2.75) is 51.7 Å². The molecular formula is C14H20BrNO5. The van der Waals surface area contributed by atoms with Gasteiger partial charge in [0.25, 0.3) is 0 Å². The summed E-state index contributed by atoms with van der Waals surface area (Å²) in [4.78, 5) is 22.5. The number of carbonyl (C=O) groups excluding carboxylic acids is 1. The third kappa shape index (κ3) is 7.75. The lowest BCUT2D eigenvalue weighted by Gasteiger charge is -2.23. The molecule has 1 unspecified atom stereocenters. The van der Waals surface area contributed by atoms with E-state index in [1.807, 2.05) is 0 Å². The van der Waals surface area contributed by atoms with Crippen LogP contribution in [0.15, 0.2) is 21.2 Å². The SMILES string of the molecule is CC(C)(C)OC(=O)NC(CCC(=O)O)Cc1ccc(Br)o1. The first-order chi connectivity index (χ1) is 9.65. The second-order valence-corrected chi connectivity index (χ2v) is 6.47. The molecule has 0 saturated carbocycles. The van der Waals surface area contributed by atoms with Crippen molar-refractivity contribution in [2.24, 2.45) is 0 Å². The molecule has 21 heavy (non-hydrogen) atoms. The van der Waals surface area contributed by atoms with Crippen molar-refractivity contribution >= 4 is 28.0 Å². The van der Waals surface area contributed by atoms with Gasteiger partial charge in [-0.3, -0.25) is 4.79 Å². The van der Waals surface area contributed by atoms with Gasteiger partial charge in [0.1, 0.15) is 11.4 Å². The van der Waals surface area contributed by atoms with Crippen molar-refractivity contribution in [3.8, 4) is 0 Å². The average molecular weight is 362 g/mol. The highest BCUT2D eigenvalue weighted by Gasteiger charge is 2.21. The molecule has 0 aliphatic carbocycles. The van der Waals surface area contributed by atoms with Crippen LogP contribution in [-0.4, -0.2) is 28.8 Å². The second kappa shape index (κ2) is 7.49. The zero-order chi connectivity index (χ0) is 16.0. The van der Waals surface area contributed by atoms with E-state index < -0.39 is 17.7 Å². The summed E-state index contributed by atoms with van der Waals surface area (Å²) in [7, 11) is 0. The average Bonchev–Trinajstić information content (AvgIpc) is 2.69. The molecule has 0 saturated heterocycles. The van der Waals surface area contributed by atoms with Gasteiger partial charge in [0.2, 0.25) is 0 Å². The number of alkyl carbamates (subject to hydrolysis) is 1. The van der Waals surface area contributed by atoms with Gasteiger partial charge in [-0.1, -0.05) is 0 Å². The van der Waals surface area contributed by atoms with Gasteiger partial charge < -0.3 is 19.6 Å². The first kappa shape index (κ1) is 17.6. The van der Waals surface area contributed by atoms with Crippen LogP contribution in [0.5, 0.6) is 0 Å². The number of nitrogens with one attached hydrogen (secondary N) is 1. The topological polar surface area (TPSA) is 88.8 Å². The standard InChI is InChI=1S/C14H20BrNO5/c1-14(2,3)21-13(19)16-9(4-7-12(17)18)8-10-5-6-11(15)20-10/h5-6,9H,4,7-8H2,1-3H3,(H,16,19)(H,17,18). The first-order valence-corrected chi connectivity index (χ1v) is 7.40. The molecule has 0 aliphatic heterocycles. The minimum absolute atomic E-state index is 0.0393. The number of furan rings is 1. The number of carboxylic acids is 1. The summed E-state index contributed by atoms with van der Waals surface area (Å²) in [6.07, 6.45) is 0.0939. The Labute approximate surface area is 132 Å². The number of hydrogen-bond acceptors (Lipinski definition) is 4. The van der Waals surface area contributed by atoms with Crippen LogP contribution in [0.4, 0.5) is 4.79 Å². The van der Waals surface area contributed by atoms with E-state index in [1.54, 1.807) is 32.9 Å². The van der Waals surface area contributed by atoms with Crippen LogP contribution in [-0.2, 0) is 16.0 Å². The molecule has 1 rings (SSSR count). The van der Waals surface area contributed by atoms with Gasteiger partial charge in [-0.2, -0.15) is 0 Å². The van der Waals surface area contributed by atoms with E-state index in [-0.39, 0.29) is 12.5 Å². The summed E-state index contributed by atoms with van der Waals surface area (Å²) >= 11 is 3.20. The third-order valence-corrected chi connectivity index (χ3v) is 2.93. The molecular weight excluding hydrogens is 342 g/mol. The molecule has 0 bridgehead atoms. The lowest BCUT2D eigenvalue weighted by molar-refractivity contribution is -0.137. The van der Waals surface area contributed by atoms with Crippen molar-refractivity contribution in [3.63, 3.8) is 0 Å². The van der Waals surface area contributed by atoms with E-state index in [1.165, 1.54) is 0 Å². The third-order valence-electron chi connectivity index (χ3n) is 2.50. The smallest absolute Gasteiger partial charge is 0.407 e. The van der Waals surface area contributed by atoms with Crippen molar-refractivity contribution in [3.05, 3.63) is 22.6 Å². The van der Waals surface area contributed by atoms with Crippen molar-refractivity contribution < 1.29 is 23.8 Å². The summed E-state index contributed by atoms with van der Waals surface area (Å²) < 4.78 is 11.2. The summed E-state index contributed by atoms with van der Waals surface area (Å²) in [5.74, 6) is -0.250. The highest BCUT2D eigenvalue weighted by molar-refractivity contribution is 9.10. The highest BCUT2D eigenvalue weighted by Crippen LogP contribution is 2.17. The number of carbonyl (C=O) groups is 2. The Kier molecular flexibility index (Phi) is 6.26. The molecule has 0 radical (unpaired) electrons. The van der Waals surface area contributed by atoms with E-state index in [4.69, 9.17) is 14.3 Å². The predicted octanol–water partition coefficient (Wildman–Crippen LogP) is 3.34. The highest BCUT2D eigenvalue weighted by atomic mass is 79.9. The molecule has 0 aromatic carbocycles. The monoisotopic (exact) mass is 361 g/mol. The van der Waals surface area contributed by atoms with E-state index in [0.717, 1.165) is 0 Å². The molecule has 0 aliphatic rings. The zero-order valence-electron chi connectivity index (χ0n) is 12.3. The van der Waals surface area contributed by atoms with Crippen LogP contribution >= 0.6 is 15.9 Å². The Balaban J connectivity index is 2.63. The van der Waals surface area contributed by atoms with Crippen LogP contribution in [0.1, 0.15) is 39.4 Å². The second-order valence-electron chi connectivity index (χ2n) is 5.69. The summed E-state index contributed by atoms with van der Waals surface area (Å²) in [5, 5.41) is 11.5. The molecule has 2 N–H and O–H groups in total. The van der Waals surface area contributed by atoms with E-state index in [2.05, 4.69) is 21.2 Å². The van der Waals surface area contributed by atoms with Gasteiger partial charge in [-0.05, 0) is 55.3 Å². The Morgan fingerprint density at radius 3 is 2.57 bits per heavy atom. The molecule has 1 atom stereocenters. The van der Waals surface area contributed by atoms with Crippen LogP contribution in [0.25, 0.3) is 0 Å². The lowest BCUT2D eigenvalue weighted by Crippen LogP contribution is -2.40. The first-order valence-electron chi connectivity index (χ1n) is 6.61. The summed E-state index contributed by atoms with van der Waals surface area (Å²) in [6.45, 7) is 5.30. The molecule has 1 heterocycles. The van der Waals surface area contributed by atoms with Gasteiger partial charge >= 0.3 is 12.1 Å². The molecule has 118 valence electrons. The fourth-order valence-corrected chi connectivity index (χ4v) is 2.04. The summed E-state index contributed by atoms with van der Waals surface area (Å²) in [5.41, 5.74) is -0.602. The minimum Gasteiger partial charge on any atom is -0.481 e. The maximum absolute atomic E-state index is 11.8. The van der Waals surface area contributed by atoms with E-state index in [0.29, 0.717) is 23.3 Å². The van der Waals surface area contributed by atoms with Crippen LogP contribution in [0.3, 0.4) is 0 Å². The predicted molar refractivity (Wildman–Crippen MR) is 80.1 cm³/mol. The number of carboxylic acid groups (broad SMARTS) is 1. The Hall–Kier alpha value is -1.50. The number of halogens is 1. The molecule has 1 amide bonds. The van der Waals surface area contributed by atoms with E-state index in [9.17, 15) is 9.59 Å². The summed E-state index contributed by atoms with van der Waals surface area (Å²) in [6, 6.07) is 3.15. The Morgan fingerprint density at radius 2 is 2.10 bits per heavy atom. The van der Waals surface area contributed by atoms with E-state index >= 15 is 0 Å². The lowest BCUT2D eigenvalue weighted by atomic mass is 10.1. The molecule has 1 aromatic heterocycles. The van der Waals surface area contributed by atoms with Gasteiger partial charge in [0.15, 0.2) is 4.67 Å². The normalized spacial score (nSPS) is 12.8. The fourth-order valence-electron chi connectivity index (χ4n) is 1.70. The van der Waals surface area contributed by atoms with Gasteiger partial charge in [0.05, 0.1) is 0 Å². The Bertz CT molecular complexity index is 492. The Morgan fingerprint density at radius 1 is 1.43 bits per heavy atom. The van der Waals surface area contributed by atoms with Crippen LogP contribution in [0, 0.1) is 0 Å². The quantitative estimate of drug-likeness (QED) is 0.810. The van der Waals surface area contributed by atoms with Gasteiger partial charge in [-0.15, -0.1) is 0 Å². The van der Waals surface area contributed by atoms with Crippen LogP contribution < -0.4 is 5.32 Å². The van der Waals surface area contributed by atoms with Crippen molar-refractivity contribution in [1.82, 2.24) is 5.32 Å². The molecule has 7 heteroatoms. The number of ether oxygens (including phenoxy) is 1. The number of hydrogen-bond donors (Lipinski definition) is 2. The number of rotatable bonds is 6. The van der Waals surface area contributed by atoms with Gasteiger partial charge in [0, 0.05) is 18.9 Å². The maximum Gasteiger partial charge on any atom is 0.407 e. The zero-order valence-corrected chi connectivity index (χ0v) is 13.9. The fraction of sp³-hybridized carbons (Fsp3) is 0.571. The van der Waals surface area contributed by atoms with Crippen LogP contribution in [0.2, 0.25) is 0 Å². The van der Waals surface area contributed by atoms with Crippen molar-refractivity contribution in [1.29, 1.82) is 0 Å². The number of amides is 1. The maximum atomic E-state index is 11.8. The molecule has 6 nitrogen and oxygen atoms in total. The number of aliphatic carboxylic acids is 1.